The highest BCUT2D eigenvalue weighted by molar-refractivity contribution is 5.83. The van der Waals surface area contributed by atoms with Gasteiger partial charge in [-0.3, -0.25) is 4.79 Å². The Kier molecular flexibility index (Phi) is 3.57. The van der Waals surface area contributed by atoms with Crippen molar-refractivity contribution in [3.05, 3.63) is 35.1 Å². The van der Waals surface area contributed by atoms with Crippen molar-refractivity contribution in [2.75, 3.05) is 13.1 Å². The van der Waals surface area contributed by atoms with Gasteiger partial charge in [-0.15, -0.1) is 0 Å². The lowest BCUT2D eigenvalue weighted by Gasteiger charge is -2.31. The molecule has 1 fully saturated rings. The summed E-state index contributed by atoms with van der Waals surface area (Å²) in [4.78, 5) is 12.1. The molecule has 17 heavy (non-hydrogen) atoms. The van der Waals surface area contributed by atoms with Crippen LogP contribution in [0.4, 0.5) is 4.39 Å². The van der Waals surface area contributed by atoms with Crippen LogP contribution in [0.25, 0.3) is 0 Å². The van der Waals surface area contributed by atoms with Crippen molar-refractivity contribution in [2.45, 2.75) is 20.3 Å². The van der Waals surface area contributed by atoms with Crippen molar-refractivity contribution >= 4 is 5.78 Å². The highest BCUT2D eigenvalue weighted by Gasteiger charge is 2.28. The first-order valence-electron chi connectivity index (χ1n) is 6.06. The minimum atomic E-state index is -0.267. The number of hydrogen-bond donors (Lipinski definition) is 1. The van der Waals surface area contributed by atoms with E-state index in [4.69, 9.17) is 0 Å². The van der Waals surface area contributed by atoms with Gasteiger partial charge < -0.3 is 5.32 Å². The molecule has 3 heteroatoms. The van der Waals surface area contributed by atoms with Crippen LogP contribution in [-0.4, -0.2) is 18.9 Å². The zero-order valence-electron chi connectivity index (χ0n) is 10.3. The van der Waals surface area contributed by atoms with Crippen LogP contribution in [0.15, 0.2) is 18.2 Å². The number of nitrogens with one attached hydrogen (secondary N) is 1. The van der Waals surface area contributed by atoms with E-state index in [2.05, 4.69) is 5.32 Å². The molecule has 0 amide bonds. The predicted octanol–water partition coefficient (Wildman–Crippen LogP) is 2.10. The maximum atomic E-state index is 13.1. The van der Waals surface area contributed by atoms with Crippen LogP contribution in [0.5, 0.6) is 0 Å². The summed E-state index contributed by atoms with van der Waals surface area (Å²) in [5.74, 6) is 0.469. The van der Waals surface area contributed by atoms with Crippen LogP contribution < -0.4 is 5.32 Å². The fraction of sp³-hybridized carbons (Fsp3) is 0.500. The molecule has 0 saturated carbocycles. The predicted molar refractivity (Wildman–Crippen MR) is 65.4 cm³/mol. The van der Waals surface area contributed by atoms with Crippen LogP contribution in [0.2, 0.25) is 0 Å². The molecule has 1 N–H and O–H groups in total. The average Bonchev–Trinajstić information content (AvgIpc) is 2.21. The highest BCUT2D eigenvalue weighted by Crippen LogP contribution is 2.20. The second-order valence-corrected chi connectivity index (χ2v) is 4.92. The third-order valence-electron chi connectivity index (χ3n) is 3.70. The van der Waals surface area contributed by atoms with Gasteiger partial charge in [-0.25, -0.2) is 4.39 Å². The van der Waals surface area contributed by atoms with Crippen LogP contribution in [0.3, 0.4) is 0 Å². The lowest BCUT2D eigenvalue weighted by molar-refractivity contribution is -0.123. The Morgan fingerprint density at radius 1 is 1.53 bits per heavy atom. The standard InChI is InChI=1S/C14H18FNO/c1-9-3-4-13(15)5-11(9)6-14(17)10(2)12-7-16-8-12/h3-5,10,12,16H,6-8H2,1-2H3. The summed E-state index contributed by atoms with van der Waals surface area (Å²) in [6.07, 6.45) is 0.348. The minimum absolute atomic E-state index is 0.0684. The molecule has 2 nitrogen and oxygen atoms in total. The van der Waals surface area contributed by atoms with Crippen LogP contribution in [0, 0.1) is 24.6 Å². The molecule has 2 rings (SSSR count). The van der Waals surface area contributed by atoms with E-state index in [9.17, 15) is 9.18 Å². The third-order valence-corrected chi connectivity index (χ3v) is 3.70. The smallest absolute Gasteiger partial charge is 0.140 e. The van der Waals surface area contributed by atoms with Crippen molar-refractivity contribution in [1.82, 2.24) is 5.32 Å². The Bertz CT molecular complexity index is 426. The van der Waals surface area contributed by atoms with Crippen LogP contribution in [0.1, 0.15) is 18.1 Å². The Labute approximate surface area is 101 Å². The molecule has 1 aromatic rings. The third kappa shape index (κ3) is 2.72. The molecule has 1 aromatic carbocycles. The zero-order valence-corrected chi connectivity index (χ0v) is 10.3. The van der Waals surface area contributed by atoms with Crippen molar-refractivity contribution in [2.24, 2.45) is 11.8 Å². The van der Waals surface area contributed by atoms with E-state index < -0.39 is 0 Å². The van der Waals surface area contributed by atoms with E-state index in [1.54, 1.807) is 6.07 Å². The number of halogens is 1. The quantitative estimate of drug-likeness (QED) is 0.866. The van der Waals surface area contributed by atoms with E-state index >= 15 is 0 Å². The second-order valence-electron chi connectivity index (χ2n) is 4.92. The number of ketones is 1. The molecular formula is C14H18FNO. The van der Waals surface area contributed by atoms with Gasteiger partial charge in [-0.2, -0.15) is 0 Å². The summed E-state index contributed by atoms with van der Waals surface area (Å²) >= 11 is 0. The van der Waals surface area contributed by atoms with Crippen molar-refractivity contribution in [3.8, 4) is 0 Å². The molecule has 0 spiro atoms. The summed E-state index contributed by atoms with van der Waals surface area (Å²) in [5.41, 5.74) is 1.80. The van der Waals surface area contributed by atoms with Gasteiger partial charge in [-0.1, -0.05) is 13.0 Å². The van der Waals surface area contributed by atoms with Crippen molar-refractivity contribution in [3.63, 3.8) is 0 Å². The van der Waals surface area contributed by atoms with Gasteiger partial charge in [0.15, 0.2) is 0 Å². The lowest BCUT2D eigenvalue weighted by Crippen LogP contribution is -2.47. The van der Waals surface area contributed by atoms with Gasteiger partial charge in [-0.05, 0) is 49.2 Å². The maximum absolute atomic E-state index is 13.1. The summed E-state index contributed by atoms with van der Waals surface area (Å²) in [6, 6.07) is 4.63. The monoisotopic (exact) mass is 235 g/mol. The van der Waals surface area contributed by atoms with E-state index in [1.165, 1.54) is 12.1 Å². The fourth-order valence-electron chi connectivity index (χ4n) is 2.11. The summed E-state index contributed by atoms with van der Waals surface area (Å²) in [6.45, 7) is 5.74. The van der Waals surface area contributed by atoms with E-state index in [0.29, 0.717) is 12.3 Å². The molecule has 1 atom stereocenters. The molecule has 0 aromatic heterocycles. The molecule has 1 heterocycles. The summed E-state index contributed by atoms with van der Waals surface area (Å²) in [7, 11) is 0. The molecule has 1 aliphatic rings. The average molecular weight is 235 g/mol. The Morgan fingerprint density at radius 2 is 2.24 bits per heavy atom. The number of carbonyl (C=O) groups excluding carboxylic acids is 1. The number of hydrogen-bond acceptors (Lipinski definition) is 2. The number of aryl methyl sites for hydroxylation is 1. The van der Waals surface area contributed by atoms with Crippen LogP contribution >= 0.6 is 0 Å². The SMILES string of the molecule is Cc1ccc(F)cc1CC(=O)C(C)C1CNC1. The molecule has 0 radical (unpaired) electrons. The van der Waals surface area contributed by atoms with Crippen molar-refractivity contribution in [1.29, 1.82) is 0 Å². The number of carbonyl (C=O) groups is 1. The number of Topliss-reactive ketones (excluding diaryl/α,β-unsaturated/α-hetero) is 1. The zero-order chi connectivity index (χ0) is 12.4. The molecule has 92 valence electrons. The van der Waals surface area contributed by atoms with Gasteiger partial charge in [0.1, 0.15) is 11.6 Å². The molecule has 1 unspecified atom stereocenters. The molecule has 0 bridgehead atoms. The summed E-state index contributed by atoms with van der Waals surface area (Å²) < 4.78 is 13.1. The first-order valence-corrected chi connectivity index (χ1v) is 6.06. The Balaban J connectivity index is 2.04. The van der Waals surface area contributed by atoms with Gasteiger partial charge in [0.2, 0.25) is 0 Å². The molecule has 0 aliphatic carbocycles. The Morgan fingerprint density at radius 3 is 2.82 bits per heavy atom. The van der Waals surface area contributed by atoms with Gasteiger partial charge in [0.25, 0.3) is 0 Å². The maximum Gasteiger partial charge on any atom is 0.140 e. The van der Waals surface area contributed by atoms with E-state index in [-0.39, 0.29) is 17.5 Å². The molecular weight excluding hydrogens is 217 g/mol. The first-order chi connectivity index (χ1) is 8.08. The molecule has 1 saturated heterocycles. The van der Waals surface area contributed by atoms with Crippen molar-refractivity contribution < 1.29 is 9.18 Å². The molecule has 1 aliphatic heterocycles. The van der Waals surface area contributed by atoms with Gasteiger partial charge >= 0.3 is 0 Å². The lowest BCUT2D eigenvalue weighted by atomic mass is 9.83. The highest BCUT2D eigenvalue weighted by atomic mass is 19.1. The van der Waals surface area contributed by atoms with Gasteiger partial charge in [0, 0.05) is 12.3 Å². The fourth-order valence-corrected chi connectivity index (χ4v) is 2.11. The Hall–Kier alpha value is -1.22. The van der Waals surface area contributed by atoms with Crippen LogP contribution in [-0.2, 0) is 11.2 Å². The largest absolute Gasteiger partial charge is 0.316 e. The number of benzene rings is 1. The topological polar surface area (TPSA) is 29.1 Å². The van der Waals surface area contributed by atoms with E-state index in [1.807, 2.05) is 13.8 Å². The second kappa shape index (κ2) is 4.96. The van der Waals surface area contributed by atoms with Gasteiger partial charge in [0.05, 0.1) is 0 Å². The first kappa shape index (κ1) is 12.2. The minimum Gasteiger partial charge on any atom is -0.316 e. The normalized spacial score (nSPS) is 17.6. The number of rotatable bonds is 4. The summed E-state index contributed by atoms with van der Waals surface area (Å²) in [5, 5.41) is 3.17. The van der Waals surface area contributed by atoms with E-state index in [0.717, 1.165) is 24.2 Å².